The Balaban J connectivity index is 2.29. The van der Waals surface area contributed by atoms with Crippen LogP contribution in [0.4, 0.5) is 11.4 Å². The molecule has 0 spiro atoms. The zero-order chi connectivity index (χ0) is 17.6. The van der Waals surface area contributed by atoms with Gasteiger partial charge in [-0.2, -0.15) is 0 Å². The van der Waals surface area contributed by atoms with Crippen molar-refractivity contribution >= 4 is 28.4 Å². The van der Waals surface area contributed by atoms with Gasteiger partial charge < -0.3 is 10.0 Å². The van der Waals surface area contributed by atoms with Gasteiger partial charge in [0.1, 0.15) is 0 Å². The highest BCUT2D eigenvalue weighted by atomic mass is 16.2. The molecule has 4 rings (SSSR count). The van der Waals surface area contributed by atoms with E-state index in [0.29, 0.717) is 10.9 Å². The number of anilines is 2. The van der Waals surface area contributed by atoms with Gasteiger partial charge in [-0.3, -0.25) is 9.59 Å². The second-order valence-electron chi connectivity index (χ2n) is 5.96. The van der Waals surface area contributed by atoms with Crippen LogP contribution in [-0.4, -0.2) is 12.2 Å². The molecule has 122 valence electrons. The summed E-state index contributed by atoms with van der Waals surface area (Å²) in [6.45, 7) is 0. The second-order valence-corrected chi connectivity index (χ2v) is 5.96. The van der Waals surface area contributed by atoms with E-state index in [1.807, 2.05) is 60.5 Å². The van der Waals surface area contributed by atoms with E-state index in [1.54, 1.807) is 6.07 Å². The molecule has 4 nitrogen and oxygen atoms in total. The molecule has 4 heteroatoms. The van der Waals surface area contributed by atoms with Crippen molar-refractivity contribution in [2.24, 2.45) is 0 Å². The minimum atomic E-state index is -0.449. The maximum absolute atomic E-state index is 12.9. The van der Waals surface area contributed by atoms with Gasteiger partial charge in [0, 0.05) is 23.3 Å². The quantitative estimate of drug-likeness (QED) is 0.614. The molecule has 2 aliphatic rings. The van der Waals surface area contributed by atoms with Gasteiger partial charge in [0.05, 0.1) is 22.4 Å². The molecular formula is C21H15NO3. The first-order valence-electron chi connectivity index (χ1n) is 7.91. The minimum absolute atomic E-state index is 0.120. The first-order valence-corrected chi connectivity index (χ1v) is 7.91. The van der Waals surface area contributed by atoms with Crippen molar-refractivity contribution in [1.82, 2.24) is 0 Å². The Kier molecular flexibility index (Phi) is 3.39. The van der Waals surface area contributed by atoms with Gasteiger partial charge in [-0.25, -0.2) is 0 Å². The molecule has 2 aromatic rings. The molecule has 0 bridgehead atoms. The first kappa shape index (κ1) is 15.1. The fourth-order valence-corrected chi connectivity index (χ4v) is 3.43. The zero-order valence-electron chi connectivity index (χ0n) is 13.6. The Labute approximate surface area is 142 Å². The molecule has 0 heterocycles. The highest BCUT2D eigenvalue weighted by molar-refractivity contribution is 5.87. The number of nitrogens with zero attached hydrogens (tertiary/aromatic N) is 1. The van der Waals surface area contributed by atoms with Gasteiger partial charge in [-0.15, -0.1) is 0 Å². The number of aliphatic hydroxyl groups excluding tert-OH is 1. The topological polar surface area (TPSA) is 57.6 Å². The molecule has 2 aliphatic carbocycles. The number of benzene rings is 2. The van der Waals surface area contributed by atoms with E-state index in [9.17, 15) is 14.7 Å². The lowest BCUT2D eigenvalue weighted by atomic mass is 9.99. The second kappa shape index (κ2) is 5.60. The van der Waals surface area contributed by atoms with Gasteiger partial charge in [-0.05, 0) is 23.6 Å². The van der Waals surface area contributed by atoms with Crippen molar-refractivity contribution in [2.45, 2.75) is 0 Å². The number of rotatable bonds is 2. The van der Waals surface area contributed by atoms with Gasteiger partial charge in [0.15, 0.2) is 5.43 Å². The summed E-state index contributed by atoms with van der Waals surface area (Å²) in [5, 5.41) is 12.2. The van der Waals surface area contributed by atoms with Crippen LogP contribution in [0.1, 0.15) is 0 Å². The first-order chi connectivity index (χ1) is 12.1. The van der Waals surface area contributed by atoms with Crippen LogP contribution in [0.15, 0.2) is 70.3 Å². The molecule has 0 aromatic heterocycles. The Morgan fingerprint density at radius 3 is 2.36 bits per heavy atom. The largest absolute Gasteiger partial charge is 0.515 e. The van der Waals surface area contributed by atoms with Crippen molar-refractivity contribution in [3.63, 3.8) is 0 Å². The monoisotopic (exact) mass is 329 g/mol. The fourth-order valence-electron chi connectivity index (χ4n) is 3.43. The van der Waals surface area contributed by atoms with Crippen LogP contribution in [0.5, 0.6) is 0 Å². The summed E-state index contributed by atoms with van der Waals surface area (Å²) in [5.74, 6) is 0. The van der Waals surface area contributed by atoms with Crippen molar-refractivity contribution in [2.75, 3.05) is 11.9 Å². The predicted molar refractivity (Wildman–Crippen MR) is 99.8 cm³/mol. The van der Waals surface area contributed by atoms with Crippen molar-refractivity contribution < 1.29 is 5.11 Å². The summed E-state index contributed by atoms with van der Waals surface area (Å²) in [7, 11) is 1.84. The molecule has 0 aliphatic heterocycles. The van der Waals surface area contributed by atoms with E-state index in [-0.39, 0.29) is 15.9 Å². The van der Waals surface area contributed by atoms with Gasteiger partial charge in [0.25, 0.3) is 0 Å². The predicted octanol–water partition coefficient (Wildman–Crippen LogP) is 2.51. The van der Waals surface area contributed by atoms with Crippen molar-refractivity contribution in [1.29, 1.82) is 0 Å². The molecule has 0 unspecified atom stereocenters. The normalized spacial score (nSPS) is 12.1. The third-order valence-corrected chi connectivity index (χ3v) is 4.60. The Bertz CT molecular complexity index is 1300. The van der Waals surface area contributed by atoms with E-state index in [0.717, 1.165) is 22.7 Å². The highest BCUT2D eigenvalue weighted by Crippen LogP contribution is 2.26. The van der Waals surface area contributed by atoms with Crippen LogP contribution >= 0.6 is 0 Å². The summed E-state index contributed by atoms with van der Waals surface area (Å²) >= 11 is 0. The third-order valence-electron chi connectivity index (χ3n) is 4.60. The Morgan fingerprint density at radius 1 is 0.880 bits per heavy atom. The molecule has 0 saturated heterocycles. The fraction of sp³-hybridized carbons (Fsp3) is 0.0476. The van der Waals surface area contributed by atoms with Crippen LogP contribution in [-0.2, 0) is 0 Å². The van der Waals surface area contributed by atoms with Crippen LogP contribution in [0.3, 0.4) is 0 Å². The maximum Gasteiger partial charge on any atom is 0.202 e. The average molecular weight is 329 g/mol. The number of aliphatic hydroxyl groups is 1. The Hall–Kier alpha value is -3.40. The zero-order valence-corrected chi connectivity index (χ0v) is 13.6. The number of hydrogen-bond donors (Lipinski definition) is 1. The molecule has 25 heavy (non-hydrogen) atoms. The van der Waals surface area contributed by atoms with Crippen molar-refractivity contribution in [3.05, 3.63) is 96.8 Å². The van der Waals surface area contributed by atoms with E-state index >= 15 is 0 Å². The van der Waals surface area contributed by atoms with E-state index in [4.69, 9.17) is 0 Å². The maximum atomic E-state index is 12.9. The number of para-hydroxylation sites is 1. The lowest BCUT2D eigenvalue weighted by Crippen LogP contribution is -2.35. The van der Waals surface area contributed by atoms with Gasteiger partial charge in [-0.1, -0.05) is 42.5 Å². The van der Waals surface area contributed by atoms with E-state index < -0.39 is 5.43 Å². The van der Waals surface area contributed by atoms with Crippen LogP contribution in [0.25, 0.3) is 17.0 Å². The minimum Gasteiger partial charge on any atom is -0.515 e. The van der Waals surface area contributed by atoms with Gasteiger partial charge in [0.2, 0.25) is 5.43 Å². The summed E-state index contributed by atoms with van der Waals surface area (Å²) < 4.78 is 0. The molecule has 0 radical (unpaired) electrons. The summed E-state index contributed by atoms with van der Waals surface area (Å²) in [4.78, 5) is 27.1. The molecule has 0 saturated carbocycles. The SMILES string of the molecule is CN(c1ccccc1)c1/c(=C/O)c(=O)c2c(=O)ccc3cccc1c3=2. The molecule has 0 atom stereocenters. The van der Waals surface area contributed by atoms with Crippen LogP contribution in [0.2, 0.25) is 0 Å². The van der Waals surface area contributed by atoms with E-state index in [1.165, 1.54) is 6.07 Å². The third kappa shape index (κ3) is 2.15. The van der Waals surface area contributed by atoms with Crippen molar-refractivity contribution in [3.8, 4) is 0 Å². The molecule has 1 N–H and O–H groups in total. The summed E-state index contributed by atoms with van der Waals surface area (Å²) in [6, 6.07) is 18.3. The van der Waals surface area contributed by atoms with Gasteiger partial charge >= 0.3 is 0 Å². The summed E-state index contributed by atoms with van der Waals surface area (Å²) in [6.07, 6.45) is 0.797. The Morgan fingerprint density at radius 2 is 1.64 bits per heavy atom. The van der Waals surface area contributed by atoms with Crippen LogP contribution < -0.4 is 21.0 Å². The average Bonchev–Trinajstić information content (AvgIpc) is 2.65. The molecule has 0 amide bonds. The highest BCUT2D eigenvalue weighted by Gasteiger charge is 2.16. The summed E-state index contributed by atoms with van der Waals surface area (Å²) in [5.41, 5.74) is 0.686. The lowest BCUT2D eigenvalue weighted by Gasteiger charge is -2.22. The smallest absolute Gasteiger partial charge is 0.202 e. The molecular weight excluding hydrogens is 314 g/mol. The molecule has 2 aromatic carbocycles. The van der Waals surface area contributed by atoms with Crippen LogP contribution in [0, 0.1) is 10.4 Å². The molecule has 0 fully saturated rings. The standard InChI is InChI=1S/C21H15NO3/c1-22(14-7-3-2-4-8-14)20-15-9-5-6-13-10-11-17(24)19(18(13)15)21(25)16(20)12-23/h2-12,23H,1H3/b16-12-. The van der Waals surface area contributed by atoms with E-state index in [2.05, 4.69) is 0 Å². The lowest BCUT2D eigenvalue weighted by molar-refractivity contribution is 0.540. The number of hydrogen-bond acceptors (Lipinski definition) is 4.